The molecular weight excluding hydrogens is 100 g/mol. The highest BCUT2D eigenvalue weighted by molar-refractivity contribution is 4.88. The van der Waals surface area contributed by atoms with Gasteiger partial charge in [-0.3, -0.25) is 0 Å². The van der Waals surface area contributed by atoms with Gasteiger partial charge in [-0.2, -0.15) is 0 Å². The van der Waals surface area contributed by atoms with Gasteiger partial charge in [-0.25, -0.2) is 0 Å². The maximum atomic E-state index is 4.90. The molecule has 0 N–H and O–H groups in total. The Hall–Kier alpha value is -0.720. The van der Waals surface area contributed by atoms with Crippen LogP contribution in [0.3, 0.4) is 0 Å². The second-order valence-electron chi connectivity index (χ2n) is 1.80. The fourth-order valence-electron chi connectivity index (χ4n) is 0.254. The monoisotopic (exact) mass is 112 g/mol. The zero-order valence-corrected chi connectivity index (χ0v) is 5.64. The number of rotatable bonds is 2. The summed E-state index contributed by atoms with van der Waals surface area (Å²) in [7, 11) is 0. The predicted molar refractivity (Wildman–Crippen MR) is 35.3 cm³/mol. The van der Waals surface area contributed by atoms with Gasteiger partial charge in [0.25, 0.3) is 0 Å². The first-order valence-corrected chi connectivity index (χ1v) is 2.67. The first kappa shape index (κ1) is 7.28. The van der Waals surface area contributed by atoms with Crippen molar-refractivity contribution in [1.82, 2.24) is 0 Å². The fourth-order valence-corrected chi connectivity index (χ4v) is 0.254. The molecule has 0 aliphatic rings. The first-order valence-electron chi connectivity index (χ1n) is 2.67. The van der Waals surface area contributed by atoms with Crippen LogP contribution in [0.2, 0.25) is 0 Å². The van der Waals surface area contributed by atoms with Crippen molar-refractivity contribution < 1.29 is 4.74 Å². The van der Waals surface area contributed by atoms with Crippen LogP contribution in [-0.4, -0.2) is 0 Å². The average Bonchev–Trinajstić information content (AvgIpc) is 1.66. The normalized spacial score (nSPS) is 9.38. The zero-order chi connectivity index (χ0) is 6.41. The van der Waals surface area contributed by atoms with Gasteiger partial charge in [-0.15, -0.1) is 0 Å². The van der Waals surface area contributed by atoms with Crippen molar-refractivity contribution in [1.29, 1.82) is 0 Å². The van der Waals surface area contributed by atoms with Crippen LogP contribution in [0.15, 0.2) is 24.2 Å². The summed E-state index contributed by atoms with van der Waals surface area (Å²) in [4.78, 5) is 0. The standard InChI is InChI=1S/C7H12O/c1-4-5-8-6-7(2)3/h4-6H,1-3H3. The summed E-state index contributed by atoms with van der Waals surface area (Å²) in [6.07, 6.45) is 5.20. The van der Waals surface area contributed by atoms with Gasteiger partial charge in [0.1, 0.15) is 0 Å². The Bertz CT molecular complexity index is 97.0. The van der Waals surface area contributed by atoms with Gasteiger partial charge in [0.2, 0.25) is 0 Å². The van der Waals surface area contributed by atoms with Crippen LogP contribution in [0.25, 0.3) is 0 Å². The number of ether oxygens (including phenoxy) is 1. The third kappa shape index (κ3) is 5.28. The fraction of sp³-hybridized carbons (Fsp3) is 0.429. The van der Waals surface area contributed by atoms with E-state index >= 15 is 0 Å². The van der Waals surface area contributed by atoms with Crippen molar-refractivity contribution in [3.63, 3.8) is 0 Å². The van der Waals surface area contributed by atoms with E-state index < -0.39 is 0 Å². The van der Waals surface area contributed by atoms with E-state index in [-0.39, 0.29) is 0 Å². The van der Waals surface area contributed by atoms with Crippen molar-refractivity contribution >= 4 is 0 Å². The molecule has 0 heterocycles. The molecule has 0 fully saturated rings. The second-order valence-corrected chi connectivity index (χ2v) is 1.80. The molecule has 0 radical (unpaired) electrons. The van der Waals surface area contributed by atoms with Gasteiger partial charge in [-0.05, 0) is 26.3 Å². The SMILES string of the molecule is CC=COC=C(C)C. The number of hydrogen-bond donors (Lipinski definition) is 0. The molecule has 46 valence electrons. The Morgan fingerprint density at radius 1 is 1.38 bits per heavy atom. The van der Waals surface area contributed by atoms with Crippen molar-refractivity contribution in [3.05, 3.63) is 24.2 Å². The minimum Gasteiger partial charge on any atom is -0.473 e. The van der Waals surface area contributed by atoms with Gasteiger partial charge in [0.15, 0.2) is 0 Å². The Morgan fingerprint density at radius 2 is 2.00 bits per heavy atom. The Labute approximate surface area is 50.7 Å². The van der Waals surface area contributed by atoms with E-state index in [9.17, 15) is 0 Å². The third-order valence-corrected chi connectivity index (χ3v) is 0.518. The third-order valence-electron chi connectivity index (χ3n) is 0.518. The first-order chi connectivity index (χ1) is 3.77. The van der Waals surface area contributed by atoms with Crippen molar-refractivity contribution in [2.75, 3.05) is 0 Å². The van der Waals surface area contributed by atoms with Crippen molar-refractivity contribution in [2.45, 2.75) is 20.8 Å². The largest absolute Gasteiger partial charge is 0.473 e. The molecule has 0 saturated heterocycles. The molecule has 1 heteroatoms. The molecule has 0 aromatic carbocycles. The van der Waals surface area contributed by atoms with Crippen LogP contribution in [0.1, 0.15) is 20.8 Å². The molecule has 0 bridgehead atoms. The molecule has 8 heavy (non-hydrogen) atoms. The van der Waals surface area contributed by atoms with E-state index in [1.54, 1.807) is 12.5 Å². The molecule has 0 unspecified atom stereocenters. The number of hydrogen-bond acceptors (Lipinski definition) is 1. The van der Waals surface area contributed by atoms with Crippen LogP contribution < -0.4 is 0 Å². The molecule has 0 atom stereocenters. The molecule has 0 amide bonds. The lowest BCUT2D eigenvalue weighted by Crippen LogP contribution is -1.66. The number of allylic oxidation sites excluding steroid dienone is 2. The zero-order valence-electron chi connectivity index (χ0n) is 5.64. The lowest BCUT2D eigenvalue weighted by molar-refractivity contribution is 0.397. The summed E-state index contributed by atoms with van der Waals surface area (Å²) >= 11 is 0. The maximum Gasteiger partial charge on any atom is 0.0887 e. The lowest BCUT2D eigenvalue weighted by atomic mass is 10.4. The van der Waals surface area contributed by atoms with E-state index in [2.05, 4.69) is 0 Å². The minimum absolute atomic E-state index is 1.17. The Morgan fingerprint density at radius 3 is 2.38 bits per heavy atom. The molecule has 0 aromatic heterocycles. The smallest absolute Gasteiger partial charge is 0.0887 e. The summed E-state index contributed by atoms with van der Waals surface area (Å²) in [5.74, 6) is 0. The summed E-state index contributed by atoms with van der Waals surface area (Å²) in [6.45, 7) is 5.89. The average molecular weight is 112 g/mol. The van der Waals surface area contributed by atoms with E-state index in [0.29, 0.717) is 0 Å². The van der Waals surface area contributed by atoms with Gasteiger partial charge in [-0.1, -0.05) is 6.08 Å². The topological polar surface area (TPSA) is 9.23 Å². The minimum atomic E-state index is 1.17. The lowest BCUT2D eigenvalue weighted by Gasteiger charge is -1.88. The van der Waals surface area contributed by atoms with E-state index in [4.69, 9.17) is 4.74 Å². The quantitative estimate of drug-likeness (QED) is 0.498. The van der Waals surface area contributed by atoms with Crippen molar-refractivity contribution in [2.24, 2.45) is 0 Å². The summed E-state index contributed by atoms with van der Waals surface area (Å²) in [5, 5.41) is 0. The Kier molecular flexibility index (Phi) is 4.04. The second kappa shape index (κ2) is 4.44. The van der Waals surface area contributed by atoms with Crippen molar-refractivity contribution in [3.8, 4) is 0 Å². The van der Waals surface area contributed by atoms with E-state index in [0.717, 1.165) is 0 Å². The highest BCUT2D eigenvalue weighted by atomic mass is 16.5. The molecule has 0 aliphatic carbocycles. The summed E-state index contributed by atoms with van der Waals surface area (Å²) in [6, 6.07) is 0. The van der Waals surface area contributed by atoms with Gasteiger partial charge < -0.3 is 4.74 Å². The highest BCUT2D eigenvalue weighted by Crippen LogP contribution is 1.88. The van der Waals surface area contributed by atoms with Gasteiger partial charge in [0, 0.05) is 0 Å². The van der Waals surface area contributed by atoms with E-state index in [1.165, 1.54) is 5.57 Å². The van der Waals surface area contributed by atoms with Crippen LogP contribution in [-0.2, 0) is 4.74 Å². The molecule has 0 spiro atoms. The molecule has 0 aliphatic heterocycles. The van der Waals surface area contributed by atoms with Crippen LogP contribution in [0.4, 0.5) is 0 Å². The molecule has 0 rings (SSSR count). The predicted octanol–water partition coefficient (Wildman–Crippen LogP) is 2.46. The van der Waals surface area contributed by atoms with E-state index in [1.807, 2.05) is 26.8 Å². The maximum absolute atomic E-state index is 4.90. The highest BCUT2D eigenvalue weighted by Gasteiger charge is 1.70. The molecule has 1 nitrogen and oxygen atoms in total. The Balaban J connectivity index is 3.30. The summed E-state index contributed by atoms with van der Waals surface area (Å²) in [5.41, 5.74) is 1.17. The van der Waals surface area contributed by atoms with Gasteiger partial charge in [0.05, 0.1) is 12.5 Å². The molecular formula is C7H12O. The van der Waals surface area contributed by atoms with Crippen LogP contribution >= 0.6 is 0 Å². The van der Waals surface area contributed by atoms with Gasteiger partial charge >= 0.3 is 0 Å². The van der Waals surface area contributed by atoms with Crippen LogP contribution in [0.5, 0.6) is 0 Å². The molecule has 0 aromatic rings. The molecule has 0 saturated carbocycles. The summed E-state index contributed by atoms with van der Waals surface area (Å²) < 4.78 is 4.90. The van der Waals surface area contributed by atoms with Crippen LogP contribution in [0, 0.1) is 0 Å².